The molecule has 0 aromatic heterocycles. The number of esters is 1. The van der Waals surface area contributed by atoms with Gasteiger partial charge in [-0.1, -0.05) is 18.2 Å². The molecule has 4 heterocycles. The van der Waals surface area contributed by atoms with Crippen LogP contribution in [0.1, 0.15) is 22.8 Å². The Morgan fingerprint density at radius 1 is 0.652 bits per heavy atom. The number of ether oxygens (including phenoxy) is 9. The lowest BCUT2D eigenvalue weighted by atomic mass is 9.97. The lowest BCUT2D eigenvalue weighted by Gasteiger charge is -2.46. The fraction of sp³-hybridized carbons (Fsp3) is 0.465. The molecule has 0 bridgehead atoms. The lowest BCUT2D eigenvalue weighted by Crippen LogP contribution is -2.64. The van der Waals surface area contributed by atoms with Gasteiger partial charge in [0, 0.05) is 23.8 Å². The molecule has 3 fully saturated rings. The van der Waals surface area contributed by atoms with Crippen molar-refractivity contribution < 1.29 is 114 Å². The second-order valence-corrected chi connectivity index (χ2v) is 15.6. The molecule has 4 aliphatic heterocycles. The number of fused-ring (bicyclic) bond motifs is 1. The Balaban J connectivity index is 1.26. The van der Waals surface area contributed by atoms with Gasteiger partial charge in [-0.3, -0.25) is 0 Å². The first-order valence-corrected chi connectivity index (χ1v) is 20.4. The van der Waals surface area contributed by atoms with Gasteiger partial charge in [0.1, 0.15) is 103 Å². The molecule has 23 nitrogen and oxygen atoms in total. The Kier molecular flexibility index (Phi) is 15.2. The van der Waals surface area contributed by atoms with Crippen LogP contribution in [0.15, 0.2) is 66.4 Å². The first-order valence-electron chi connectivity index (χ1n) is 20.4. The number of phenols is 3. The molecule has 3 aromatic carbocycles. The predicted molar refractivity (Wildman–Crippen MR) is 217 cm³/mol. The van der Waals surface area contributed by atoms with Gasteiger partial charge in [0.25, 0.3) is 0 Å². The molecule has 16 atom stereocenters. The summed E-state index contributed by atoms with van der Waals surface area (Å²) in [5.41, 5.74) is 0.712. The summed E-state index contributed by atoms with van der Waals surface area (Å²) >= 11 is 0. The van der Waals surface area contributed by atoms with Gasteiger partial charge in [0.15, 0.2) is 30.0 Å². The highest BCUT2D eigenvalue weighted by Gasteiger charge is 2.53. The van der Waals surface area contributed by atoms with Crippen LogP contribution in [0.25, 0.3) is 12.2 Å². The normalized spacial score (nSPS) is 34.4. The van der Waals surface area contributed by atoms with E-state index in [1.807, 2.05) is 0 Å². The van der Waals surface area contributed by atoms with Crippen LogP contribution >= 0.6 is 0 Å². The number of aliphatic hydroxyl groups excluding tert-OH is 10. The Morgan fingerprint density at radius 3 is 1.92 bits per heavy atom. The van der Waals surface area contributed by atoms with Gasteiger partial charge in [-0.15, -0.1) is 0 Å². The summed E-state index contributed by atoms with van der Waals surface area (Å²) in [5, 5.41) is 137. The average molecular weight is 935 g/mol. The molecule has 1 unspecified atom stereocenters. The maximum absolute atomic E-state index is 12.8. The van der Waals surface area contributed by atoms with E-state index in [1.165, 1.54) is 67.8 Å². The van der Waals surface area contributed by atoms with Crippen LogP contribution in [-0.2, 0) is 33.2 Å². The average Bonchev–Trinajstić information content (AvgIpc) is 3.30. The fourth-order valence-corrected chi connectivity index (χ4v) is 7.52. The van der Waals surface area contributed by atoms with Crippen molar-refractivity contribution in [1.82, 2.24) is 0 Å². The summed E-state index contributed by atoms with van der Waals surface area (Å²) in [5.74, 6) is -2.28. The predicted octanol–water partition coefficient (Wildman–Crippen LogP) is -2.63. The van der Waals surface area contributed by atoms with Crippen LogP contribution < -0.4 is 14.2 Å². The minimum Gasteiger partial charge on any atom is -0.508 e. The van der Waals surface area contributed by atoms with Gasteiger partial charge in [0.2, 0.25) is 12.6 Å². The number of hydrogen-bond acceptors (Lipinski definition) is 23. The second-order valence-electron chi connectivity index (χ2n) is 15.6. The highest BCUT2D eigenvalue weighted by Crippen LogP contribution is 2.47. The van der Waals surface area contributed by atoms with Crippen LogP contribution in [0, 0.1) is 0 Å². The summed E-state index contributed by atoms with van der Waals surface area (Å²) in [4.78, 5) is 12.8. The van der Waals surface area contributed by atoms with Crippen molar-refractivity contribution in [2.24, 2.45) is 0 Å². The molecule has 7 rings (SSSR count). The van der Waals surface area contributed by atoms with E-state index in [-0.39, 0.29) is 45.6 Å². The van der Waals surface area contributed by atoms with Crippen LogP contribution in [0.3, 0.4) is 0 Å². The number of benzene rings is 3. The van der Waals surface area contributed by atoms with E-state index < -0.39 is 130 Å². The molecule has 4 aliphatic rings. The van der Waals surface area contributed by atoms with E-state index in [4.69, 9.17) is 42.6 Å². The summed E-state index contributed by atoms with van der Waals surface area (Å²) in [6.07, 6.45) is -24.8. The van der Waals surface area contributed by atoms with Gasteiger partial charge in [-0.25, -0.2) is 4.79 Å². The number of phenolic OH excluding ortho intramolecular Hbond substituents is 3. The largest absolute Gasteiger partial charge is 0.508 e. The number of aliphatic hydroxyl groups is 10. The van der Waals surface area contributed by atoms with E-state index in [2.05, 4.69) is 0 Å². The van der Waals surface area contributed by atoms with E-state index in [1.54, 1.807) is 0 Å². The Morgan fingerprint density at radius 2 is 1.27 bits per heavy atom. The van der Waals surface area contributed by atoms with E-state index in [0.29, 0.717) is 5.56 Å². The number of hydrogen-bond donors (Lipinski definition) is 13. The fourth-order valence-electron chi connectivity index (χ4n) is 7.52. The number of rotatable bonds is 14. The van der Waals surface area contributed by atoms with Crippen molar-refractivity contribution in [1.29, 1.82) is 0 Å². The van der Waals surface area contributed by atoms with Crippen LogP contribution in [0.2, 0.25) is 0 Å². The van der Waals surface area contributed by atoms with Crippen LogP contribution in [0.5, 0.6) is 34.5 Å². The summed E-state index contributed by atoms with van der Waals surface area (Å²) in [7, 11) is 1.28. The van der Waals surface area contributed by atoms with Gasteiger partial charge >= 0.3 is 5.97 Å². The second kappa shape index (κ2) is 20.7. The number of carbonyl (C=O) groups excluding carboxylic acids is 1. The lowest BCUT2D eigenvalue weighted by molar-refractivity contribution is -0.364. The molecule has 360 valence electrons. The van der Waals surface area contributed by atoms with E-state index >= 15 is 0 Å². The molecule has 13 N–H and O–H groups in total. The van der Waals surface area contributed by atoms with E-state index in [0.717, 1.165) is 12.1 Å². The smallest absolute Gasteiger partial charge is 0.330 e. The maximum atomic E-state index is 12.8. The SMILES string of the molecule is COc1cc(C2Oc3cc(O)cc(O[C@@H]4O[C@H](CO)[C@@H](O)[C@H](O)[C@@H]4O)c3C=C2O[C@@H]2O[C@H](COC(=O)/C=C/c3ccc(O)cc3)[C@@H](O)[C@H](O)[C@@H]2O[C@@H]2O[C@H](CO)[C@@H](O)[C@H](O)[C@H]2O)ccc1O. The third-order valence-corrected chi connectivity index (χ3v) is 11.2. The van der Waals surface area contributed by atoms with E-state index in [9.17, 15) is 71.2 Å². The third-order valence-electron chi connectivity index (χ3n) is 11.2. The number of methoxy groups -OCH3 is 1. The van der Waals surface area contributed by atoms with Gasteiger partial charge in [-0.2, -0.15) is 0 Å². The van der Waals surface area contributed by atoms with Crippen LogP contribution in [-0.4, -0.2) is 191 Å². The van der Waals surface area contributed by atoms with Crippen molar-refractivity contribution in [3.05, 3.63) is 83.1 Å². The number of aromatic hydroxyl groups is 3. The number of carbonyl (C=O) groups is 1. The molecular formula is C43H50O23. The van der Waals surface area contributed by atoms with Crippen molar-refractivity contribution in [3.63, 3.8) is 0 Å². The molecule has 66 heavy (non-hydrogen) atoms. The maximum Gasteiger partial charge on any atom is 0.330 e. The zero-order valence-electron chi connectivity index (χ0n) is 34.7. The minimum absolute atomic E-state index is 0.00246. The summed E-state index contributed by atoms with van der Waals surface area (Å²) in [6, 6.07) is 12.1. The zero-order valence-corrected chi connectivity index (χ0v) is 34.7. The molecule has 3 saturated heterocycles. The Hall–Kier alpha value is -5.35. The molecule has 0 saturated carbocycles. The first kappa shape index (κ1) is 48.6. The highest BCUT2D eigenvalue weighted by atomic mass is 16.8. The van der Waals surface area contributed by atoms with Crippen molar-refractivity contribution in [2.75, 3.05) is 26.9 Å². The monoisotopic (exact) mass is 934 g/mol. The molecule has 23 heteroatoms. The van der Waals surface area contributed by atoms with Gasteiger partial charge in [0.05, 0.1) is 25.9 Å². The molecule has 3 aromatic rings. The van der Waals surface area contributed by atoms with Crippen molar-refractivity contribution in [3.8, 4) is 34.5 Å². The summed E-state index contributed by atoms with van der Waals surface area (Å²) < 4.78 is 52.4. The third kappa shape index (κ3) is 10.3. The molecule has 0 spiro atoms. The van der Waals surface area contributed by atoms with Crippen molar-refractivity contribution in [2.45, 2.75) is 98.2 Å². The molecule has 0 amide bonds. The standard InChI is InChI=1S/C43H50O23/c1-58-25-10-18(5-8-22(25)48)39-26(13-21-23(60-39)11-20(47)12-24(21)61-41-37(56)34(53)31(50)27(14-44)63-41)62-43-40(66-42-38(57)35(54)32(51)28(15-45)64-42)36(55)33(52)29(65-43)16-59-30(49)9-4-17-2-6-19(46)7-3-17/h2-13,27-29,31-48,50-57H,14-16H2,1H3/b9-4+/t27-,28-,29-,31-,32-,33-,34+,35+,36+,37+,38-,39?,40+,41-,42+,43-/m1/s1. The Labute approximate surface area is 374 Å². The first-order chi connectivity index (χ1) is 31.5. The van der Waals surface area contributed by atoms with Gasteiger partial charge < -0.3 is 109 Å². The van der Waals surface area contributed by atoms with Crippen molar-refractivity contribution >= 4 is 18.1 Å². The molecule has 0 radical (unpaired) electrons. The minimum atomic E-state index is -2.04. The molecular weight excluding hydrogens is 884 g/mol. The highest BCUT2D eigenvalue weighted by molar-refractivity contribution is 5.87. The van der Waals surface area contributed by atoms with Crippen LogP contribution in [0.4, 0.5) is 0 Å². The quantitative estimate of drug-likeness (QED) is 0.0581. The molecule has 0 aliphatic carbocycles. The zero-order chi connectivity index (χ0) is 47.6. The topological polar surface area (TPSA) is 363 Å². The van der Waals surface area contributed by atoms with Gasteiger partial charge in [-0.05, 0) is 42.0 Å². The Bertz CT molecular complexity index is 2200. The summed E-state index contributed by atoms with van der Waals surface area (Å²) in [6.45, 7) is -2.35.